The van der Waals surface area contributed by atoms with Crippen LogP contribution >= 0.6 is 0 Å². The number of carboxylic acids is 1. The molecule has 1 aliphatic heterocycles. The Morgan fingerprint density at radius 1 is 1.30 bits per heavy atom. The van der Waals surface area contributed by atoms with Crippen molar-refractivity contribution in [2.45, 2.75) is 38.8 Å². The number of nitrogens with zero attached hydrogens (tertiary/aromatic N) is 1. The highest BCUT2D eigenvalue weighted by molar-refractivity contribution is 5.85. The number of aliphatic hydroxyl groups excluding tert-OH is 1. The van der Waals surface area contributed by atoms with E-state index in [1.54, 1.807) is 0 Å². The van der Waals surface area contributed by atoms with E-state index >= 15 is 0 Å². The molecule has 0 unspecified atom stereocenters. The molecule has 1 heterocycles. The number of amides is 1. The second-order valence-corrected chi connectivity index (χ2v) is 5.39. The summed E-state index contributed by atoms with van der Waals surface area (Å²) in [6, 6.07) is 4.85. The number of hydrogen-bond acceptors (Lipinski definition) is 3. The minimum absolute atomic E-state index is 0.0979. The summed E-state index contributed by atoms with van der Waals surface area (Å²) in [6.45, 7) is 4.07. The average molecular weight is 277 g/mol. The van der Waals surface area contributed by atoms with Crippen LogP contribution in [0.1, 0.15) is 23.1 Å². The lowest BCUT2D eigenvalue weighted by molar-refractivity contribution is -0.148. The van der Waals surface area contributed by atoms with E-state index in [4.69, 9.17) is 5.11 Å². The largest absolute Gasteiger partial charge is 0.480 e. The number of β-amino-alcohol motifs (C(OH)–C–C–N with tert-alkyl or cyclic N) is 1. The van der Waals surface area contributed by atoms with Crippen molar-refractivity contribution in [3.8, 4) is 0 Å². The third-order valence-electron chi connectivity index (χ3n) is 3.81. The van der Waals surface area contributed by atoms with Gasteiger partial charge in [0.1, 0.15) is 6.04 Å². The SMILES string of the molecule is Cc1ccc(CC(=O)N2C[C@@H](O)C[C@H]2C(=O)O)cc1C. The maximum Gasteiger partial charge on any atom is 0.326 e. The lowest BCUT2D eigenvalue weighted by Gasteiger charge is -2.21. The van der Waals surface area contributed by atoms with Gasteiger partial charge in [0.2, 0.25) is 5.91 Å². The Labute approximate surface area is 117 Å². The fourth-order valence-electron chi connectivity index (χ4n) is 2.51. The summed E-state index contributed by atoms with van der Waals surface area (Å²) in [7, 11) is 0. The van der Waals surface area contributed by atoms with Gasteiger partial charge in [-0.15, -0.1) is 0 Å². The van der Waals surface area contributed by atoms with Crippen molar-refractivity contribution in [3.05, 3.63) is 34.9 Å². The van der Waals surface area contributed by atoms with Crippen LogP contribution in [0.25, 0.3) is 0 Å². The molecule has 0 aromatic heterocycles. The van der Waals surface area contributed by atoms with Crippen molar-refractivity contribution in [2.24, 2.45) is 0 Å². The molecule has 1 aromatic carbocycles. The molecular formula is C15H19NO4. The minimum atomic E-state index is -1.06. The van der Waals surface area contributed by atoms with Crippen molar-refractivity contribution in [1.82, 2.24) is 4.90 Å². The van der Waals surface area contributed by atoms with Gasteiger partial charge in [-0.2, -0.15) is 0 Å². The Morgan fingerprint density at radius 3 is 2.60 bits per heavy atom. The molecule has 1 amide bonds. The molecule has 1 fully saturated rings. The number of benzene rings is 1. The van der Waals surface area contributed by atoms with E-state index in [0.29, 0.717) is 0 Å². The molecule has 1 saturated heterocycles. The van der Waals surface area contributed by atoms with Gasteiger partial charge in [0, 0.05) is 13.0 Å². The summed E-state index contributed by atoms with van der Waals surface area (Å²) in [5, 5.41) is 18.6. The van der Waals surface area contributed by atoms with Gasteiger partial charge in [-0.05, 0) is 30.5 Å². The maximum absolute atomic E-state index is 12.2. The normalized spacial score (nSPS) is 22.1. The monoisotopic (exact) mass is 277 g/mol. The van der Waals surface area contributed by atoms with Gasteiger partial charge in [0.25, 0.3) is 0 Å². The van der Waals surface area contributed by atoms with Gasteiger partial charge in [-0.1, -0.05) is 18.2 Å². The van der Waals surface area contributed by atoms with Crippen LogP contribution in [-0.4, -0.2) is 45.7 Å². The summed E-state index contributed by atoms with van der Waals surface area (Å²) < 4.78 is 0. The van der Waals surface area contributed by atoms with E-state index < -0.39 is 18.1 Å². The number of carbonyl (C=O) groups is 2. The molecule has 0 bridgehead atoms. The summed E-state index contributed by atoms with van der Waals surface area (Å²) in [6.07, 6.45) is -0.481. The predicted molar refractivity (Wildman–Crippen MR) is 73.4 cm³/mol. The zero-order valence-corrected chi connectivity index (χ0v) is 11.7. The fraction of sp³-hybridized carbons (Fsp3) is 0.467. The van der Waals surface area contributed by atoms with E-state index in [1.807, 2.05) is 32.0 Å². The fourth-order valence-corrected chi connectivity index (χ4v) is 2.51. The first-order chi connectivity index (χ1) is 9.38. The molecule has 0 radical (unpaired) electrons. The van der Waals surface area contributed by atoms with Crippen LogP contribution in [0.5, 0.6) is 0 Å². The molecule has 0 aliphatic carbocycles. The number of carboxylic acid groups (broad SMARTS) is 1. The first-order valence-electron chi connectivity index (χ1n) is 6.65. The Hall–Kier alpha value is -1.88. The predicted octanol–water partition coefficient (Wildman–Crippen LogP) is 0.892. The Kier molecular flexibility index (Phi) is 4.09. The van der Waals surface area contributed by atoms with Crippen LogP contribution in [0.4, 0.5) is 0 Å². The molecule has 0 saturated carbocycles. The summed E-state index contributed by atoms with van der Waals surface area (Å²) in [4.78, 5) is 24.6. The Balaban J connectivity index is 2.11. The maximum atomic E-state index is 12.2. The van der Waals surface area contributed by atoms with Crippen molar-refractivity contribution < 1.29 is 19.8 Å². The molecular weight excluding hydrogens is 258 g/mol. The van der Waals surface area contributed by atoms with Gasteiger partial charge in [-0.25, -0.2) is 4.79 Å². The molecule has 20 heavy (non-hydrogen) atoms. The summed E-state index contributed by atoms with van der Waals surface area (Å²) in [5.74, 6) is -1.31. The number of carbonyl (C=O) groups excluding carboxylic acids is 1. The standard InChI is InChI=1S/C15H19NO4/c1-9-3-4-11(5-10(9)2)6-14(18)16-8-12(17)7-13(16)15(19)20/h3-5,12-13,17H,6-8H2,1-2H3,(H,19,20)/t12-,13-/m0/s1. The molecule has 5 nitrogen and oxygen atoms in total. The van der Waals surface area contributed by atoms with Crippen LogP contribution in [0, 0.1) is 13.8 Å². The first-order valence-corrected chi connectivity index (χ1v) is 6.65. The summed E-state index contributed by atoms with van der Waals surface area (Å²) >= 11 is 0. The van der Waals surface area contributed by atoms with Crippen molar-refractivity contribution in [1.29, 1.82) is 0 Å². The molecule has 0 spiro atoms. The van der Waals surface area contributed by atoms with Gasteiger partial charge in [-0.3, -0.25) is 4.79 Å². The smallest absolute Gasteiger partial charge is 0.326 e. The molecule has 2 N–H and O–H groups in total. The second-order valence-electron chi connectivity index (χ2n) is 5.39. The summed E-state index contributed by atoms with van der Waals surface area (Å²) in [5.41, 5.74) is 3.12. The van der Waals surface area contributed by atoms with E-state index in [1.165, 1.54) is 4.90 Å². The van der Waals surface area contributed by atoms with Crippen molar-refractivity contribution in [3.63, 3.8) is 0 Å². The van der Waals surface area contributed by atoms with Crippen LogP contribution < -0.4 is 0 Å². The number of hydrogen-bond donors (Lipinski definition) is 2. The molecule has 2 rings (SSSR count). The van der Waals surface area contributed by atoms with Crippen molar-refractivity contribution >= 4 is 11.9 Å². The highest BCUT2D eigenvalue weighted by Crippen LogP contribution is 2.20. The molecule has 2 atom stereocenters. The first kappa shape index (κ1) is 14.5. The highest BCUT2D eigenvalue weighted by atomic mass is 16.4. The third-order valence-corrected chi connectivity index (χ3v) is 3.81. The number of rotatable bonds is 3. The van der Waals surface area contributed by atoms with E-state index in [2.05, 4.69) is 0 Å². The molecule has 1 aliphatic rings. The lowest BCUT2D eigenvalue weighted by Crippen LogP contribution is -2.41. The highest BCUT2D eigenvalue weighted by Gasteiger charge is 2.38. The second kappa shape index (κ2) is 5.63. The van der Waals surface area contributed by atoms with Crippen LogP contribution in [0.3, 0.4) is 0 Å². The topological polar surface area (TPSA) is 77.8 Å². The van der Waals surface area contributed by atoms with Crippen LogP contribution in [0.15, 0.2) is 18.2 Å². The number of aliphatic hydroxyl groups is 1. The van der Waals surface area contributed by atoms with Gasteiger partial charge in [0.05, 0.1) is 12.5 Å². The Morgan fingerprint density at radius 2 is 2.00 bits per heavy atom. The van der Waals surface area contributed by atoms with Gasteiger partial charge >= 0.3 is 5.97 Å². The molecule has 1 aromatic rings. The van der Waals surface area contributed by atoms with E-state index in [9.17, 15) is 14.7 Å². The van der Waals surface area contributed by atoms with E-state index in [-0.39, 0.29) is 25.3 Å². The zero-order valence-electron chi connectivity index (χ0n) is 11.7. The minimum Gasteiger partial charge on any atom is -0.480 e. The Bertz CT molecular complexity index is 541. The van der Waals surface area contributed by atoms with Crippen molar-refractivity contribution in [2.75, 3.05) is 6.54 Å². The lowest BCUT2D eigenvalue weighted by atomic mass is 10.0. The van der Waals surface area contributed by atoms with Crippen LogP contribution in [0.2, 0.25) is 0 Å². The number of aliphatic carboxylic acids is 1. The molecule has 5 heteroatoms. The van der Waals surface area contributed by atoms with Gasteiger partial charge < -0.3 is 15.1 Å². The third kappa shape index (κ3) is 2.99. The quantitative estimate of drug-likeness (QED) is 0.860. The van der Waals surface area contributed by atoms with Gasteiger partial charge in [0.15, 0.2) is 0 Å². The molecule has 108 valence electrons. The zero-order chi connectivity index (χ0) is 14.9. The number of likely N-dealkylation sites (tertiary alicyclic amines) is 1. The average Bonchev–Trinajstić information content (AvgIpc) is 2.76. The number of aryl methyl sites for hydroxylation is 2. The van der Waals surface area contributed by atoms with E-state index in [0.717, 1.165) is 16.7 Å². The van der Waals surface area contributed by atoms with Crippen LogP contribution in [-0.2, 0) is 16.0 Å².